The van der Waals surface area contributed by atoms with Crippen molar-refractivity contribution in [2.75, 3.05) is 26.2 Å². The van der Waals surface area contributed by atoms with Gasteiger partial charge in [-0.2, -0.15) is 0 Å². The summed E-state index contributed by atoms with van der Waals surface area (Å²) < 4.78 is 5.42. The minimum absolute atomic E-state index is 0.0989. The quantitative estimate of drug-likeness (QED) is 0.876. The average molecular weight is 305 g/mol. The molecule has 1 saturated heterocycles. The second-order valence-corrected chi connectivity index (χ2v) is 6.10. The van der Waals surface area contributed by atoms with E-state index in [9.17, 15) is 4.79 Å². The maximum absolute atomic E-state index is 12.4. The molecule has 122 valence electrons. The van der Waals surface area contributed by atoms with Gasteiger partial charge in [0.15, 0.2) is 0 Å². The number of likely N-dealkylation sites (tertiary alicyclic amines) is 1. The third kappa shape index (κ3) is 4.44. The van der Waals surface area contributed by atoms with Gasteiger partial charge in [0.25, 0.3) is 5.91 Å². The fourth-order valence-electron chi connectivity index (χ4n) is 2.88. The molecule has 1 aliphatic heterocycles. The molecule has 2 rings (SSSR count). The van der Waals surface area contributed by atoms with Gasteiger partial charge in [-0.1, -0.05) is 0 Å². The van der Waals surface area contributed by atoms with Crippen LogP contribution in [0.4, 0.5) is 0 Å². The lowest BCUT2D eigenvalue weighted by Gasteiger charge is -2.35. The van der Waals surface area contributed by atoms with Crippen molar-refractivity contribution in [2.45, 2.75) is 39.7 Å². The molecular weight excluding hydrogens is 278 g/mol. The zero-order valence-corrected chi connectivity index (χ0v) is 13.8. The van der Waals surface area contributed by atoms with Crippen LogP contribution >= 0.6 is 0 Å². The Hall–Kier alpha value is -1.62. The van der Waals surface area contributed by atoms with Gasteiger partial charge in [-0.3, -0.25) is 4.79 Å². The van der Waals surface area contributed by atoms with E-state index in [4.69, 9.17) is 4.74 Å². The molecular formula is C17H27N3O2. The van der Waals surface area contributed by atoms with Crippen LogP contribution in [0.2, 0.25) is 0 Å². The summed E-state index contributed by atoms with van der Waals surface area (Å²) in [4.78, 5) is 19.0. The Kier molecular flexibility index (Phi) is 6.19. The first kappa shape index (κ1) is 16.7. The molecule has 1 atom stereocenters. The average Bonchev–Trinajstić information content (AvgIpc) is 2.53. The van der Waals surface area contributed by atoms with Crippen molar-refractivity contribution < 1.29 is 9.53 Å². The highest BCUT2D eigenvalue weighted by atomic mass is 16.5. The molecule has 1 N–H and O–H groups in total. The van der Waals surface area contributed by atoms with E-state index in [0.717, 1.165) is 6.54 Å². The minimum atomic E-state index is -0.0989. The third-order valence-corrected chi connectivity index (χ3v) is 4.13. The molecule has 0 aliphatic carbocycles. The summed E-state index contributed by atoms with van der Waals surface area (Å²) in [5, 5.41) is 3.04. The molecule has 0 saturated carbocycles. The molecule has 0 bridgehead atoms. The van der Waals surface area contributed by atoms with Gasteiger partial charge in [0.1, 0.15) is 5.56 Å². The summed E-state index contributed by atoms with van der Waals surface area (Å²) in [6.45, 7) is 9.78. The Morgan fingerprint density at radius 2 is 2.36 bits per heavy atom. The molecule has 1 unspecified atom stereocenters. The Balaban J connectivity index is 1.90. The number of ether oxygens (including phenoxy) is 1. The molecule has 2 heterocycles. The summed E-state index contributed by atoms with van der Waals surface area (Å²) in [6.07, 6.45) is 4.02. The van der Waals surface area contributed by atoms with Crippen LogP contribution in [0.3, 0.4) is 0 Å². The Morgan fingerprint density at radius 1 is 1.55 bits per heavy atom. The van der Waals surface area contributed by atoms with E-state index in [1.54, 1.807) is 18.3 Å². The van der Waals surface area contributed by atoms with Crippen molar-refractivity contribution in [1.82, 2.24) is 15.2 Å². The number of piperidine rings is 1. The Labute approximate surface area is 133 Å². The number of carbonyl (C=O) groups is 1. The normalized spacial score (nSPS) is 19.2. The SMILES string of the molecule is CCOc1ncccc1C(=O)NCC1CCCN(C(C)C)C1. The second-order valence-electron chi connectivity index (χ2n) is 6.10. The number of nitrogens with zero attached hydrogens (tertiary/aromatic N) is 2. The minimum Gasteiger partial charge on any atom is -0.477 e. The topological polar surface area (TPSA) is 54.5 Å². The number of carbonyl (C=O) groups excluding carboxylic acids is 1. The van der Waals surface area contributed by atoms with Crippen molar-refractivity contribution in [3.8, 4) is 5.88 Å². The molecule has 1 aromatic rings. The van der Waals surface area contributed by atoms with Crippen LogP contribution in [-0.2, 0) is 0 Å². The van der Waals surface area contributed by atoms with Crippen LogP contribution in [0.25, 0.3) is 0 Å². The standard InChI is InChI=1S/C17H27N3O2/c1-4-22-17-15(8-5-9-18-17)16(21)19-11-14-7-6-10-20(12-14)13(2)3/h5,8-9,13-14H,4,6-7,10-12H2,1-3H3,(H,19,21). The summed E-state index contributed by atoms with van der Waals surface area (Å²) >= 11 is 0. The largest absolute Gasteiger partial charge is 0.477 e. The summed E-state index contributed by atoms with van der Waals surface area (Å²) in [5.74, 6) is 0.834. The number of hydrogen-bond donors (Lipinski definition) is 1. The molecule has 0 aromatic carbocycles. The lowest BCUT2D eigenvalue weighted by molar-refractivity contribution is 0.0918. The maximum Gasteiger partial charge on any atom is 0.256 e. The first-order valence-electron chi connectivity index (χ1n) is 8.21. The highest BCUT2D eigenvalue weighted by Gasteiger charge is 2.22. The monoisotopic (exact) mass is 305 g/mol. The van der Waals surface area contributed by atoms with E-state index in [1.807, 2.05) is 6.92 Å². The molecule has 1 fully saturated rings. The predicted octanol–water partition coefficient (Wildman–Crippen LogP) is 2.33. The molecule has 1 amide bonds. The lowest BCUT2D eigenvalue weighted by Crippen LogP contribution is -2.43. The fourth-order valence-corrected chi connectivity index (χ4v) is 2.88. The van der Waals surface area contributed by atoms with Crippen molar-refractivity contribution in [1.29, 1.82) is 0 Å². The van der Waals surface area contributed by atoms with E-state index in [0.29, 0.717) is 36.6 Å². The van der Waals surface area contributed by atoms with Crippen LogP contribution in [0, 0.1) is 5.92 Å². The number of amides is 1. The first-order chi connectivity index (χ1) is 10.6. The third-order valence-electron chi connectivity index (χ3n) is 4.13. The predicted molar refractivity (Wildman–Crippen MR) is 87.2 cm³/mol. The van der Waals surface area contributed by atoms with Gasteiger partial charge < -0.3 is 15.0 Å². The van der Waals surface area contributed by atoms with Crippen molar-refractivity contribution in [2.24, 2.45) is 5.92 Å². The summed E-state index contributed by atoms with van der Waals surface area (Å²) in [7, 11) is 0. The van der Waals surface area contributed by atoms with E-state index in [-0.39, 0.29) is 5.91 Å². The molecule has 22 heavy (non-hydrogen) atoms. The number of aromatic nitrogens is 1. The fraction of sp³-hybridized carbons (Fsp3) is 0.647. The maximum atomic E-state index is 12.4. The molecule has 0 spiro atoms. The number of pyridine rings is 1. The number of rotatable bonds is 6. The van der Waals surface area contributed by atoms with Crippen LogP contribution in [0.1, 0.15) is 44.0 Å². The Bertz CT molecular complexity index is 491. The van der Waals surface area contributed by atoms with Gasteiger partial charge in [0.05, 0.1) is 6.61 Å². The van der Waals surface area contributed by atoms with E-state index in [1.165, 1.54) is 19.4 Å². The van der Waals surface area contributed by atoms with Crippen LogP contribution in [0.5, 0.6) is 5.88 Å². The summed E-state index contributed by atoms with van der Waals surface area (Å²) in [5.41, 5.74) is 0.515. The van der Waals surface area contributed by atoms with Gasteiger partial charge in [-0.15, -0.1) is 0 Å². The van der Waals surface area contributed by atoms with Gasteiger partial charge in [-0.25, -0.2) is 4.98 Å². The smallest absolute Gasteiger partial charge is 0.256 e. The van der Waals surface area contributed by atoms with Gasteiger partial charge >= 0.3 is 0 Å². The van der Waals surface area contributed by atoms with Crippen molar-refractivity contribution >= 4 is 5.91 Å². The van der Waals surface area contributed by atoms with Gasteiger partial charge in [0.2, 0.25) is 5.88 Å². The summed E-state index contributed by atoms with van der Waals surface area (Å²) in [6, 6.07) is 4.09. The Morgan fingerprint density at radius 3 is 3.09 bits per heavy atom. The number of nitrogens with one attached hydrogen (secondary N) is 1. The highest BCUT2D eigenvalue weighted by molar-refractivity contribution is 5.96. The van der Waals surface area contributed by atoms with Crippen molar-refractivity contribution in [3.63, 3.8) is 0 Å². The van der Waals surface area contributed by atoms with Crippen LogP contribution in [0.15, 0.2) is 18.3 Å². The van der Waals surface area contributed by atoms with Gasteiger partial charge in [-0.05, 0) is 58.2 Å². The highest BCUT2D eigenvalue weighted by Crippen LogP contribution is 2.18. The molecule has 5 heteroatoms. The van der Waals surface area contributed by atoms with Gasteiger partial charge in [0, 0.05) is 25.3 Å². The van der Waals surface area contributed by atoms with Crippen LogP contribution in [-0.4, -0.2) is 48.1 Å². The number of hydrogen-bond acceptors (Lipinski definition) is 4. The molecule has 5 nitrogen and oxygen atoms in total. The molecule has 1 aromatic heterocycles. The van der Waals surface area contributed by atoms with Crippen LogP contribution < -0.4 is 10.1 Å². The van der Waals surface area contributed by atoms with Crippen molar-refractivity contribution in [3.05, 3.63) is 23.9 Å². The zero-order valence-electron chi connectivity index (χ0n) is 13.8. The van der Waals surface area contributed by atoms with E-state index >= 15 is 0 Å². The molecule has 0 radical (unpaired) electrons. The van der Waals surface area contributed by atoms with E-state index in [2.05, 4.69) is 29.0 Å². The first-order valence-corrected chi connectivity index (χ1v) is 8.21. The lowest BCUT2D eigenvalue weighted by atomic mass is 9.97. The second kappa shape index (κ2) is 8.13. The van der Waals surface area contributed by atoms with E-state index < -0.39 is 0 Å². The zero-order chi connectivity index (χ0) is 15.9. The molecule has 1 aliphatic rings.